The van der Waals surface area contributed by atoms with Gasteiger partial charge in [0.15, 0.2) is 0 Å². The summed E-state index contributed by atoms with van der Waals surface area (Å²) in [4.78, 5) is 28.4. The van der Waals surface area contributed by atoms with Crippen molar-refractivity contribution in [1.82, 2.24) is 10.6 Å². The van der Waals surface area contributed by atoms with Crippen LogP contribution in [0.2, 0.25) is 0 Å². The van der Waals surface area contributed by atoms with E-state index in [0.717, 1.165) is 10.0 Å². The van der Waals surface area contributed by atoms with E-state index >= 15 is 0 Å². The standard InChI is InChI=1S/C19H28BrN3O5/c1-18(2,3)27-16(24)22-15(23-17(25)28-19(4,5)6)21-11-12-8-9-13(20)10-14(12)26-7/h8-10H,11H2,1-7H3,(H2,21,22,23,24,25). The van der Waals surface area contributed by atoms with E-state index in [9.17, 15) is 9.59 Å². The minimum absolute atomic E-state index is 0.0894. The molecular weight excluding hydrogens is 430 g/mol. The number of rotatable bonds is 3. The van der Waals surface area contributed by atoms with Gasteiger partial charge in [0.1, 0.15) is 17.0 Å². The molecule has 0 aliphatic carbocycles. The Balaban J connectivity index is 3.00. The summed E-state index contributed by atoms with van der Waals surface area (Å²) in [5.74, 6) is 0.528. The SMILES string of the molecule is COc1cc(Br)ccc1CN=C(NC(=O)OC(C)(C)C)NC(=O)OC(C)(C)C. The van der Waals surface area contributed by atoms with Crippen molar-refractivity contribution < 1.29 is 23.8 Å². The Morgan fingerprint density at radius 3 is 1.93 bits per heavy atom. The number of methoxy groups -OCH3 is 1. The van der Waals surface area contributed by atoms with Crippen LogP contribution < -0.4 is 15.4 Å². The Bertz CT molecular complexity index is 704. The molecule has 0 heterocycles. The Morgan fingerprint density at radius 1 is 1.00 bits per heavy atom. The van der Waals surface area contributed by atoms with Crippen molar-refractivity contribution in [1.29, 1.82) is 0 Å². The first-order valence-corrected chi connectivity index (χ1v) is 9.45. The third-order valence-electron chi connectivity index (χ3n) is 2.90. The fraction of sp³-hybridized carbons (Fsp3) is 0.526. The Hall–Kier alpha value is -2.29. The Morgan fingerprint density at radius 2 is 1.50 bits per heavy atom. The van der Waals surface area contributed by atoms with Crippen molar-refractivity contribution in [3.05, 3.63) is 28.2 Å². The van der Waals surface area contributed by atoms with Gasteiger partial charge in [0.05, 0.1) is 13.7 Å². The van der Waals surface area contributed by atoms with Gasteiger partial charge in [0.25, 0.3) is 0 Å². The number of alkyl carbamates (subject to hydrolysis) is 2. The molecule has 28 heavy (non-hydrogen) atoms. The molecule has 0 radical (unpaired) electrons. The predicted molar refractivity (Wildman–Crippen MR) is 111 cm³/mol. The molecule has 9 heteroatoms. The van der Waals surface area contributed by atoms with Crippen molar-refractivity contribution in [3.63, 3.8) is 0 Å². The number of aliphatic imine (C=N–C) groups is 1. The quantitative estimate of drug-likeness (QED) is 0.518. The average molecular weight is 458 g/mol. The summed E-state index contributed by atoms with van der Waals surface area (Å²) in [6.07, 6.45) is -1.49. The molecule has 0 atom stereocenters. The van der Waals surface area contributed by atoms with E-state index in [4.69, 9.17) is 14.2 Å². The van der Waals surface area contributed by atoms with Crippen LogP contribution in [0.1, 0.15) is 47.1 Å². The lowest BCUT2D eigenvalue weighted by Crippen LogP contribution is -2.47. The van der Waals surface area contributed by atoms with Crippen LogP contribution in [0.3, 0.4) is 0 Å². The largest absolute Gasteiger partial charge is 0.496 e. The van der Waals surface area contributed by atoms with Crippen LogP contribution in [-0.2, 0) is 16.0 Å². The molecule has 0 fully saturated rings. The second-order valence-electron chi connectivity index (χ2n) is 7.87. The van der Waals surface area contributed by atoms with E-state index in [1.165, 1.54) is 0 Å². The second kappa shape index (κ2) is 9.77. The van der Waals surface area contributed by atoms with Crippen molar-refractivity contribution in [2.45, 2.75) is 59.3 Å². The first-order chi connectivity index (χ1) is 12.8. The van der Waals surface area contributed by atoms with E-state index in [1.54, 1.807) is 54.7 Å². The van der Waals surface area contributed by atoms with Crippen molar-refractivity contribution in [2.75, 3.05) is 7.11 Å². The molecule has 0 unspecified atom stereocenters. The van der Waals surface area contributed by atoms with Crippen molar-refractivity contribution >= 4 is 34.1 Å². The van der Waals surface area contributed by atoms with E-state index < -0.39 is 23.4 Å². The van der Waals surface area contributed by atoms with Gasteiger partial charge in [0, 0.05) is 10.0 Å². The molecular formula is C19H28BrN3O5. The summed E-state index contributed by atoms with van der Waals surface area (Å²) in [6.45, 7) is 10.6. The summed E-state index contributed by atoms with van der Waals surface area (Å²) in [5, 5.41) is 4.87. The normalized spacial score (nSPS) is 11.3. The maximum absolute atomic E-state index is 12.1. The topological polar surface area (TPSA) is 98.3 Å². The maximum Gasteiger partial charge on any atom is 0.414 e. The zero-order chi connectivity index (χ0) is 21.5. The Labute approximate surface area is 174 Å². The van der Waals surface area contributed by atoms with E-state index in [0.29, 0.717) is 5.75 Å². The lowest BCUT2D eigenvalue weighted by molar-refractivity contribution is 0.0545. The Kier molecular flexibility index (Phi) is 8.29. The molecule has 0 aliphatic heterocycles. The highest BCUT2D eigenvalue weighted by molar-refractivity contribution is 9.10. The predicted octanol–water partition coefficient (Wildman–Crippen LogP) is 4.36. The molecule has 2 amide bonds. The lowest BCUT2D eigenvalue weighted by atomic mass is 10.2. The van der Waals surface area contributed by atoms with Gasteiger partial charge in [-0.2, -0.15) is 0 Å². The molecule has 1 rings (SSSR count). The summed E-state index contributed by atoms with van der Waals surface area (Å²) in [6, 6.07) is 5.47. The fourth-order valence-electron chi connectivity index (χ4n) is 1.92. The molecule has 156 valence electrons. The highest BCUT2D eigenvalue weighted by Gasteiger charge is 2.21. The molecule has 0 bridgehead atoms. The van der Waals surface area contributed by atoms with E-state index in [-0.39, 0.29) is 12.5 Å². The number of nitrogens with one attached hydrogen (secondary N) is 2. The summed E-state index contributed by atoms with van der Waals surface area (Å²) in [5.41, 5.74) is -0.633. The minimum Gasteiger partial charge on any atom is -0.496 e. The third kappa shape index (κ3) is 9.59. The monoisotopic (exact) mass is 457 g/mol. The number of guanidine groups is 1. The summed E-state index contributed by atoms with van der Waals surface area (Å²) in [7, 11) is 1.55. The van der Waals surface area contributed by atoms with Crippen LogP contribution in [0.15, 0.2) is 27.7 Å². The number of hydrogen-bond donors (Lipinski definition) is 2. The molecule has 1 aromatic rings. The molecule has 0 spiro atoms. The van der Waals surface area contributed by atoms with Crippen LogP contribution in [-0.4, -0.2) is 36.5 Å². The van der Waals surface area contributed by atoms with Gasteiger partial charge in [-0.15, -0.1) is 0 Å². The van der Waals surface area contributed by atoms with Gasteiger partial charge < -0.3 is 14.2 Å². The average Bonchev–Trinajstić information content (AvgIpc) is 2.49. The molecule has 0 aliphatic rings. The molecule has 8 nitrogen and oxygen atoms in total. The van der Waals surface area contributed by atoms with Gasteiger partial charge >= 0.3 is 12.2 Å². The number of amides is 2. The first-order valence-electron chi connectivity index (χ1n) is 8.66. The molecule has 0 aromatic heterocycles. The number of hydrogen-bond acceptors (Lipinski definition) is 6. The lowest BCUT2D eigenvalue weighted by Gasteiger charge is -2.22. The second-order valence-corrected chi connectivity index (χ2v) is 8.79. The van der Waals surface area contributed by atoms with Gasteiger partial charge in [-0.3, -0.25) is 10.6 Å². The van der Waals surface area contributed by atoms with Crippen molar-refractivity contribution in [3.8, 4) is 5.75 Å². The van der Waals surface area contributed by atoms with Gasteiger partial charge in [-0.25, -0.2) is 14.6 Å². The first kappa shape index (κ1) is 23.7. The third-order valence-corrected chi connectivity index (χ3v) is 3.39. The number of halogens is 1. The zero-order valence-electron chi connectivity index (χ0n) is 17.3. The van der Waals surface area contributed by atoms with E-state index in [1.807, 2.05) is 12.1 Å². The highest BCUT2D eigenvalue weighted by atomic mass is 79.9. The molecule has 1 aromatic carbocycles. The fourth-order valence-corrected chi connectivity index (χ4v) is 2.26. The number of nitrogens with zero attached hydrogens (tertiary/aromatic N) is 1. The molecule has 0 saturated carbocycles. The maximum atomic E-state index is 12.1. The number of benzene rings is 1. The summed E-state index contributed by atoms with van der Waals surface area (Å²) >= 11 is 3.38. The molecule has 2 N–H and O–H groups in total. The smallest absolute Gasteiger partial charge is 0.414 e. The number of carbonyl (C=O) groups is 2. The zero-order valence-corrected chi connectivity index (χ0v) is 18.9. The van der Waals surface area contributed by atoms with Gasteiger partial charge in [-0.1, -0.05) is 22.0 Å². The van der Waals surface area contributed by atoms with Gasteiger partial charge in [0.2, 0.25) is 5.96 Å². The van der Waals surface area contributed by atoms with Crippen LogP contribution in [0.5, 0.6) is 5.75 Å². The minimum atomic E-state index is -0.745. The van der Waals surface area contributed by atoms with Crippen LogP contribution in [0.4, 0.5) is 9.59 Å². The van der Waals surface area contributed by atoms with Gasteiger partial charge in [-0.05, 0) is 53.7 Å². The summed E-state index contributed by atoms with van der Waals surface area (Å²) < 4.78 is 16.6. The van der Waals surface area contributed by atoms with Crippen LogP contribution in [0, 0.1) is 0 Å². The molecule has 0 saturated heterocycles. The van der Waals surface area contributed by atoms with Crippen molar-refractivity contribution in [2.24, 2.45) is 4.99 Å². The highest BCUT2D eigenvalue weighted by Crippen LogP contribution is 2.24. The number of carbonyl (C=O) groups excluding carboxylic acids is 2. The van der Waals surface area contributed by atoms with E-state index in [2.05, 4.69) is 31.6 Å². The van der Waals surface area contributed by atoms with Crippen LogP contribution in [0.25, 0.3) is 0 Å². The van der Waals surface area contributed by atoms with Crippen LogP contribution >= 0.6 is 15.9 Å². The number of ether oxygens (including phenoxy) is 3.